The molecule has 8 heteroatoms. The molecule has 1 fully saturated rings. The molecular weight excluding hydrogens is 368 g/mol. The third-order valence-corrected chi connectivity index (χ3v) is 6.38. The van der Waals surface area contributed by atoms with Crippen molar-refractivity contribution in [3.05, 3.63) is 59.5 Å². The van der Waals surface area contributed by atoms with E-state index in [0.717, 1.165) is 0 Å². The molecule has 1 aliphatic heterocycles. The van der Waals surface area contributed by atoms with Gasteiger partial charge in [0.05, 0.1) is 24.3 Å². The van der Waals surface area contributed by atoms with Crippen LogP contribution in [0.1, 0.15) is 39.8 Å². The number of amides is 2. The average molecular weight is 390 g/mol. The molecule has 2 aromatic rings. The Morgan fingerprint density at radius 1 is 1.22 bits per heavy atom. The van der Waals surface area contributed by atoms with E-state index in [1.54, 1.807) is 35.2 Å². The highest BCUT2D eigenvalue weighted by atomic mass is 32.2. The van der Waals surface area contributed by atoms with E-state index in [1.165, 1.54) is 12.3 Å². The molecule has 0 bridgehead atoms. The first-order valence-corrected chi connectivity index (χ1v) is 10.6. The largest absolute Gasteiger partial charge is 0.467 e. The van der Waals surface area contributed by atoms with Gasteiger partial charge in [-0.15, -0.1) is 0 Å². The van der Waals surface area contributed by atoms with Gasteiger partial charge >= 0.3 is 0 Å². The van der Waals surface area contributed by atoms with Gasteiger partial charge in [-0.25, -0.2) is 8.42 Å². The number of carbonyl (C=O) groups is 2. The zero-order valence-electron chi connectivity index (χ0n) is 15.1. The quantitative estimate of drug-likeness (QED) is 0.812. The van der Waals surface area contributed by atoms with E-state index in [0.29, 0.717) is 29.9 Å². The summed E-state index contributed by atoms with van der Waals surface area (Å²) in [5.41, 5.74) is 0.731. The summed E-state index contributed by atoms with van der Waals surface area (Å²) >= 11 is 0. The van der Waals surface area contributed by atoms with E-state index < -0.39 is 9.84 Å². The molecule has 27 heavy (non-hydrogen) atoms. The second-order valence-electron chi connectivity index (χ2n) is 6.49. The minimum absolute atomic E-state index is 0.00406. The van der Waals surface area contributed by atoms with Crippen molar-refractivity contribution in [2.45, 2.75) is 25.9 Å². The molecule has 1 atom stereocenters. The van der Waals surface area contributed by atoms with Gasteiger partial charge in [0, 0.05) is 23.7 Å². The molecule has 1 saturated heterocycles. The summed E-state index contributed by atoms with van der Waals surface area (Å²) in [7, 11) is -3.08. The second-order valence-corrected chi connectivity index (χ2v) is 8.72. The van der Waals surface area contributed by atoms with Crippen molar-refractivity contribution >= 4 is 21.7 Å². The number of carbonyl (C=O) groups excluding carboxylic acids is 2. The van der Waals surface area contributed by atoms with Crippen LogP contribution >= 0.6 is 0 Å². The molecule has 2 amide bonds. The summed E-state index contributed by atoms with van der Waals surface area (Å²) in [6.45, 7) is 2.49. The molecule has 1 aromatic carbocycles. The van der Waals surface area contributed by atoms with E-state index in [9.17, 15) is 18.0 Å². The third kappa shape index (κ3) is 4.57. The van der Waals surface area contributed by atoms with E-state index in [4.69, 9.17) is 4.42 Å². The molecule has 0 radical (unpaired) electrons. The summed E-state index contributed by atoms with van der Waals surface area (Å²) in [5.74, 6) is 0.162. The number of hydrogen-bond donors (Lipinski definition) is 1. The summed E-state index contributed by atoms with van der Waals surface area (Å²) < 4.78 is 28.6. The van der Waals surface area contributed by atoms with Crippen LogP contribution in [0.4, 0.5) is 0 Å². The lowest BCUT2D eigenvalue weighted by atomic mass is 10.1. The third-order valence-electron chi connectivity index (χ3n) is 4.63. The molecule has 0 saturated carbocycles. The van der Waals surface area contributed by atoms with Crippen LogP contribution in [0.25, 0.3) is 0 Å². The predicted molar refractivity (Wildman–Crippen MR) is 100 cm³/mol. The van der Waals surface area contributed by atoms with Gasteiger partial charge in [-0.3, -0.25) is 9.59 Å². The SMILES string of the molecule is CCN(C(=O)c1cccc(C(=O)NCc2ccco2)c1)C1CCS(=O)(=O)C1. The normalized spacial score (nSPS) is 18.2. The summed E-state index contributed by atoms with van der Waals surface area (Å²) in [5, 5.41) is 2.74. The molecule has 1 aromatic heterocycles. The van der Waals surface area contributed by atoms with Crippen LogP contribution in [0.5, 0.6) is 0 Å². The number of sulfone groups is 1. The van der Waals surface area contributed by atoms with Crippen LogP contribution in [0.2, 0.25) is 0 Å². The second kappa shape index (κ2) is 7.96. The summed E-state index contributed by atoms with van der Waals surface area (Å²) in [4.78, 5) is 26.8. The fourth-order valence-corrected chi connectivity index (χ4v) is 4.96. The zero-order valence-corrected chi connectivity index (χ0v) is 15.9. The molecule has 144 valence electrons. The highest BCUT2D eigenvalue weighted by Gasteiger charge is 2.34. The lowest BCUT2D eigenvalue weighted by Gasteiger charge is -2.27. The Kier molecular flexibility index (Phi) is 5.65. The number of hydrogen-bond acceptors (Lipinski definition) is 5. The highest BCUT2D eigenvalue weighted by molar-refractivity contribution is 7.91. The summed E-state index contributed by atoms with van der Waals surface area (Å²) in [6.07, 6.45) is 1.98. The van der Waals surface area contributed by atoms with Crippen LogP contribution in [-0.4, -0.2) is 49.2 Å². The molecule has 1 aliphatic rings. The van der Waals surface area contributed by atoms with Crippen LogP contribution in [0, 0.1) is 0 Å². The molecular formula is C19H22N2O5S. The smallest absolute Gasteiger partial charge is 0.254 e. The first kappa shape index (κ1) is 19.2. The van der Waals surface area contributed by atoms with Crippen molar-refractivity contribution in [3.8, 4) is 0 Å². The van der Waals surface area contributed by atoms with E-state index >= 15 is 0 Å². The molecule has 7 nitrogen and oxygen atoms in total. The van der Waals surface area contributed by atoms with Crippen LogP contribution in [-0.2, 0) is 16.4 Å². The van der Waals surface area contributed by atoms with E-state index in [1.807, 2.05) is 6.92 Å². The monoisotopic (exact) mass is 390 g/mol. The zero-order chi connectivity index (χ0) is 19.4. The standard InChI is InChI=1S/C19H22N2O5S/c1-2-21(16-8-10-27(24,25)13-16)19(23)15-6-3-5-14(11-15)18(22)20-12-17-7-4-9-26-17/h3-7,9,11,16H,2,8,10,12-13H2,1H3,(H,20,22). The number of furan rings is 1. The van der Waals surface area contributed by atoms with E-state index in [-0.39, 0.29) is 35.9 Å². The van der Waals surface area contributed by atoms with Crippen molar-refractivity contribution in [1.29, 1.82) is 0 Å². The Labute approximate surface area is 158 Å². The average Bonchev–Trinajstić information content (AvgIpc) is 3.30. The lowest BCUT2D eigenvalue weighted by Crippen LogP contribution is -2.41. The van der Waals surface area contributed by atoms with Crippen LogP contribution < -0.4 is 5.32 Å². The number of benzene rings is 1. The maximum Gasteiger partial charge on any atom is 0.254 e. The Morgan fingerprint density at radius 3 is 2.63 bits per heavy atom. The molecule has 1 unspecified atom stereocenters. The number of nitrogens with zero attached hydrogens (tertiary/aromatic N) is 1. The maximum absolute atomic E-state index is 12.9. The number of rotatable bonds is 6. The minimum atomic E-state index is -3.08. The lowest BCUT2D eigenvalue weighted by molar-refractivity contribution is 0.0708. The van der Waals surface area contributed by atoms with Crippen molar-refractivity contribution in [2.75, 3.05) is 18.1 Å². The van der Waals surface area contributed by atoms with Gasteiger partial charge in [-0.1, -0.05) is 6.07 Å². The molecule has 0 aliphatic carbocycles. The maximum atomic E-state index is 12.9. The molecule has 3 rings (SSSR count). The van der Waals surface area contributed by atoms with Gasteiger partial charge in [-0.05, 0) is 43.7 Å². The first-order valence-electron chi connectivity index (χ1n) is 8.81. The van der Waals surface area contributed by atoms with Crippen molar-refractivity contribution in [1.82, 2.24) is 10.2 Å². The van der Waals surface area contributed by atoms with Gasteiger partial charge in [0.25, 0.3) is 11.8 Å². The Hall–Kier alpha value is -2.61. The van der Waals surface area contributed by atoms with Crippen LogP contribution in [0.15, 0.2) is 47.1 Å². The minimum Gasteiger partial charge on any atom is -0.467 e. The topological polar surface area (TPSA) is 96.7 Å². The first-order chi connectivity index (χ1) is 12.9. The molecule has 0 spiro atoms. The fraction of sp³-hybridized carbons (Fsp3) is 0.368. The van der Waals surface area contributed by atoms with Crippen LogP contribution in [0.3, 0.4) is 0 Å². The predicted octanol–water partition coefficient (Wildman–Crippen LogP) is 1.86. The Morgan fingerprint density at radius 2 is 2.00 bits per heavy atom. The van der Waals surface area contributed by atoms with Crippen molar-refractivity contribution in [3.63, 3.8) is 0 Å². The summed E-state index contributed by atoms with van der Waals surface area (Å²) in [6, 6.07) is 9.63. The van der Waals surface area contributed by atoms with Gasteiger partial charge in [-0.2, -0.15) is 0 Å². The van der Waals surface area contributed by atoms with E-state index in [2.05, 4.69) is 5.32 Å². The van der Waals surface area contributed by atoms with Crippen molar-refractivity contribution in [2.24, 2.45) is 0 Å². The van der Waals surface area contributed by atoms with Crippen molar-refractivity contribution < 1.29 is 22.4 Å². The highest BCUT2D eigenvalue weighted by Crippen LogP contribution is 2.20. The molecule has 1 N–H and O–H groups in total. The molecule has 2 heterocycles. The fourth-order valence-electron chi connectivity index (χ4n) is 3.23. The number of nitrogens with one attached hydrogen (secondary N) is 1. The van der Waals surface area contributed by atoms with Gasteiger partial charge in [0.1, 0.15) is 5.76 Å². The van der Waals surface area contributed by atoms with Gasteiger partial charge in [0.15, 0.2) is 9.84 Å². The van der Waals surface area contributed by atoms with Gasteiger partial charge < -0.3 is 14.6 Å². The Balaban J connectivity index is 1.71. The Bertz CT molecular complexity index is 921. The van der Waals surface area contributed by atoms with Gasteiger partial charge in [0.2, 0.25) is 0 Å².